The maximum atomic E-state index is 9.33. The first kappa shape index (κ1) is 14.8. The molecule has 0 aliphatic rings. The second-order valence-electron chi connectivity index (χ2n) is 5.48. The largest absolute Gasteiger partial charge is 0.339 e. The molecular weight excluding hydrogens is 282 g/mol. The van der Waals surface area contributed by atoms with Crippen LogP contribution in [-0.4, -0.2) is 4.98 Å². The number of aromatic nitrogens is 1. The third-order valence-electron chi connectivity index (χ3n) is 3.71. The average Bonchev–Trinajstić information content (AvgIpc) is 2.56. The van der Waals surface area contributed by atoms with Crippen LogP contribution >= 0.6 is 0 Å². The Hall–Kier alpha value is -3.12. The highest BCUT2D eigenvalue weighted by atomic mass is 15.0. The van der Waals surface area contributed by atoms with Gasteiger partial charge >= 0.3 is 0 Å². The van der Waals surface area contributed by atoms with E-state index in [1.165, 1.54) is 5.56 Å². The molecule has 0 bridgehead atoms. The van der Waals surface area contributed by atoms with Crippen molar-refractivity contribution in [3.05, 3.63) is 77.5 Å². The van der Waals surface area contributed by atoms with Crippen molar-refractivity contribution in [3.8, 4) is 17.2 Å². The van der Waals surface area contributed by atoms with Crippen molar-refractivity contribution in [3.63, 3.8) is 0 Å². The maximum Gasteiger partial charge on any atom is 0.148 e. The Labute approximate surface area is 136 Å². The standard InChI is InChI=1S/C20H17N3/c1-14-12-15(2)22-20(19(14)13-21)23-18-10-8-17(9-11-18)16-6-4-3-5-7-16/h3-12H,1-2H3,(H,22,23). The van der Waals surface area contributed by atoms with Crippen molar-refractivity contribution in [1.82, 2.24) is 4.98 Å². The molecule has 0 saturated carbocycles. The van der Waals surface area contributed by atoms with Crippen LogP contribution in [0.4, 0.5) is 11.5 Å². The summed E-state index contributed by atoms with van der Waals surface area (Å²) in [6, 6.07) is 22.5. The van der Waals surface area contributed by atoms with Crippen molar-refractivity contribution in [2.24, 2.45) is 0 Å². The van der Waals surface area contributed by atoms with E-state index in [0.29, 0.717) is 11.4 Å². The van der Waals surface area contributed by atoms with Crippen molar-refractivity contribution in [1.29, 1.82) is 5.26 Å². The molecule has 3 nitrogen and oxygen atoms in total. The molecule has 0 atom stereocenters. The van der Waals surface area contributed by atoms with E-state index in [1.807, 2.05) is 50.2 Å². The minimum absolute atomic E-state index is 0.586. The van der Waals surface area contributed by atoms with Gasteiger partial charge in [-0.15, -0.1) is 0 Å². The molecule has 112 valence electrons. The lowest BCUT2D eigenvalue weighted by Gasteiger charge is -2.11. The molecule has 3 rings (SSSR count). The van der Waals surface area contributed by atoms with Gasteiger partial charge in [0, 0.05) is 11.4 Å². The number of benzene rings is 2. The molecule has 23 heavy (non-hydrogen) atoms. The highest BCUT2D eigenvalue weighted by Gasteiger charge is 2.08. The number of nitriles is 1. The third kappa shape index (κ3) is 3.22. The fourth-order valence-corrected chi connectivity index (χ4v) is 2.58. The van der Waals surface area contributed by atoms with Gasteiger partial charge in [0.1, 0.15) is 11.9 Å². The maximum absolute atomic E-state index is 9.33. The first-order valence-corrected chi connectivity index (χ1v) is 7.48. The summed E-state index contributed by atoms with van der Waals surface area (Å²) < 4.78 is 0. The molecule has 0 saturated heterocycles. The van der Waals surface area contributed by atoms with Gasteiger partial charge in [-0.3, -0.25) is 0 Å². The molecule has 0 radical (unpaired) electrons. The summed E-state index contributed by atoms with van der Waals surface area (Å²) in [5, 5.41) is 12.6. The monoisotopic (exact) mass is 299 g/mol. The van der Waals surface area contributed by atoms with Crippen molar-refractivity contribution in [2.75, 3.05) is 5.32 Å². The Morgan fingerprint density at radius 2 is 1.57 bits per heavy atom. The van der Waals surface area contributed by atoms with Crippen molar-refractivity contribution in [2.45, 2.75) is 13.8 Å². The number of nitrogens with zero attached hydrogens (tertiary/aromatic N) is 2. The van der Waals surface area contributed by atoms with Gasteiger partial charge in [-0.2, -0.15) is 5.26 Å². The van der Waals surface area contributed by atoms with Crippen LogP contribution in [0.15, 0.2) is 60.7 Å². The van der Waals surface area contributed by atoms with Crippen molar-refractivity contribution >= 4 is 11.5 Å². The van der Waals surface area contributed by atoms with Gasteiger partial charge in [0.25, 0.3) is 0 Å². The molecule has 3 aromatic rings. The Morgan fingerprint density at radius 1 is 0.913 bits per heavy atom. The number of aryl methyl sites for hydroxylation is 2. The lowest BCUT2D eigenvalue weighted by Crippen LogP contribution is -2.00. The van der Waals surface area contributed by atoms with Gasteiger partial charge in [-0.25, -0.2) is 4.98 Å². The fraction of sp³-hybridized carbons (Fsp3) is 0.100. The summed E-state index contributed by atoms with van der Waals surface area (Å²) in [6.45, 7) is 3.86. The predicted molar refractivity (Wildman–Crippen MR) is 93.6 cm³/mol. The van der Waals surface area contributed by atoms with Crippen LogP contribution in [-0.2, 0) is 0 Å². The van der Waals surface area contributed by atoms with Gasteiger partial charge in [0.15, 0.2) is 0 Å². The Bertz CT molecular complexity index is 860. The summed E-state index contributed by atoms with van der Waals surface area (Å²) in [4.78, 5) is 4.45. The first-order chi connectivity index (χ1) is 11.2. The van der Waals surface area contributed by atoms with Crippen LogP contribution in [0.3, 0.4) is 0 Å². The second-order valence-corrected chi connectivity index (χ2v) is 5.48. The zero-order chi connectivity index (χ0) is 16.2. The van der Waals surface area contributed by atoms with E-state index in [0.717, 1.165) is 22.5 Å². The average molecular weight is 299 g/mol. The van der Waals surface area contributed by atoms with Crippen LogP contribution in [0.2, 0.25) is 0 Å². The van der Waals surface area contributed by atoms with Crippen LogP contribution in [0, 0.1) is 25.2 Å². The van der Waals surface area contributed by atoms with Crippen LogP contribution in [0.5, 0.6) is 0 Å². The molecule has 1 heterocycles. The van der Waals surface area contributed by atoms with Gasteiger partial charge in [0.2, 0.25) is 0 Å². The lowest BCUT2D eigenvalue weighted by atomic mass is 10.1. The summed E-state index contributed by atoms with van der Waals surface area (Å²) in [7, 11) is 0. The summed E-state index contributed by atoms with van der Waals surface area (Å²) in [5.74, 6) is 0.609. The van der Waals surface area contributed by atoms with E-state index >= 15 is 0 Å². The Morgan fingerprint density at radius 3 is 2.22 bits per heavy atom. The molecule has 0 aliphatic heterocycles. The van der Waals surface area contributed by atoms with Crippen LogP contribution in [0.1, 0.15) is 16.8 Å². The van der Waals surface area contributed by atoms with Gasteiger partial charge in [-0.05, 0) is 48.7 Å². The highest BCUT2D eigenvalue weighted by molar-refractivity contribution is 5.69. The number of hydrogen-bond acceptors (Lipinski definition) is 3. The van der Waals surface area contributed by atoms with Gasteiger partial charge in [0.05, 0.1) is 5.56 Å². The van der Waals surface area contributed by atoms with Crippen LogP contribution in [0.25, 0.3) is 11.1 Å². The number of hydrogen-bond donors (Lipinski definition) is 1. The van der Waals surface area contributed by atoms with E-state index in [1.54, 1.807) is 0 Å². The molecule has 0 aliphatic carbocycles. The fourth-order valence-electron chi connectivity index (χ4n) is 2.58. The zero-order valence-corrected chi connectivity index (χ0v) is 13.2. The lowest BCUT2D eigenvalue weighted by molar-refractivity contribution is 1.16. The van der Waals surface area contributed by atoms with Crippen LogP contribution < -0.4 is 5.32 Å². The minimum Gasteiger partial charge on any atom is -0.339 e. The molecular formula is C20H17N3. The molecule has 3 heteroatoms. The summed E-state index contributed by atoms with van der Waals surface area (Å²) in [6.07, 6.45) is 0. The SMILES string of the molecule is Cc1cc(C)c(C#N)c(Nc2ccc(-c3ccccc3)cc2)n1. The molecule has 0 spiro atoms. The molecule has 0 fully saturated rings. The quantitative estimate of drug-likeness (QED) is 0.742. The highest BCUT2D eigenvalue weighted by Crippen LogP contribution is 2.25. The molecule has 1 aromatic heterocycles. The topological polar surface area (TPSA) is 48.7 Å². The predicted octanol–water partition coefficient (Wildman–Crippen LogP) is 4.98. The zero-order valence-electron chi connectivity index (χ0n) is 13.2. The van der Waals surface area contributed by atoms with E-state index in [2.05, 4.69) is 40.6 Å². The molecule has 0 unspecified atom stereocenters. The third-order valence-corrected chi connectivity index (χ3v) is 3.71. The van der Waals surface area contributed by atoms with E-state index in [4.69, 9.17) is 0 Å². The van der Waals surface area contributed by atoms with E-state index < -0.39 is 0 Å². The summed E-state index contributed by atoms with van der Waals surface area (Å²) >= 11 is 0. The number of rotatable bonds is 3. The normalized spacial score (nSPS) is 10.1. The first-order valence-electron chi connectivity index (χ1n) is 7.48. The smallest absolute Gasteiger partial charge is 0.148 e. The molecule has 2 aromatic carbocycles. The van der Waals surface area contributed by atoms with Gasteiger partial charge < -0.3 is 5.32 Å². The molecule has 1 N–H and O–H groups in total. The molecule has 0 amide bonds. The Balaban J connectivity index is 1.89. The number of pyridine rings is 1. The van der Waals surface area contributed by atoms with E-state index in [9.17, 15) is 5.26 Å². The van der Waals surface area contributed by atoms with Crippen molar-refractivity contribution < 1.29 is 0 Å². The van der Waals surface area contributed by atoms with E-state index in [-0.39, 0.29) is 0 Å². The minimum atomic E-state index is 0.586. The number of nitrogens with one attached hydrogen (secondary N) is 1. The second kappa shape index (κ2) is 6.33. The van der Waals surface area contributed by atoms with Gasteiger partial charge in [-0.1, -0.05) is 42.5 Å². The Kier molecular flexibility index (Phi) is 4.07. The summed E-state index contributed by atoms with van der Waals surface area (Å²) in [5.41, 5.74) is 5.67. The number of anilines is 2.